The lowest BCUT2D eigenvalue weighted by Gasteiger charge is -2.37. The quantitative estimate of drug-likeness (QED) is 0.473. The van der Waals surface area contributed by atoms with Crippen LogP contribution < -0.4 is 14.7 Å². The summed E-state index contributed by atoms with van der Waals surface area (Å²) in [7, 11) is 0. The van der Waals surface area contributed by atoms with Gasteiger partial charge in [-0.1, -0.05) is 0 Å². The van der Waals surface area contributed by atoms with Gasteiger partial charge in [-0.3, -0.25) is 4.98 Å². The average Bonchev–Trinajstić information content (AvgIpc) is 2.92. The highest BCUT2D eigenvalue weighted by Crippen LogP contribution is 2.36. The lowest BCUT2D eigenvalue weighted by atomic mass is 10.1. The molecule has 37 heavy (non-hydrogen) atoms. The summed E-state index contributed by atoms with van der Waals surface area (Å²) in [6, 6.07) is 7.74. The first-order chi connectivity index (χ1) is 17.8. The van der Waals surface area contributed by atoms with Gasteiger partial charge in [-0.05, 0) is 31.2 Å². The first-order valence-electron chi connectivity index (χ1n) is 12.1. The number of hydrogen-bond acceptors (Lipinski definition) is 8. The van der Waals surface area contributed by atoms with Crippen LogP contribution in [-0.4, -0.2) is 72.4 Å². The maximum absolute atomic E-state index is 13.5. The van der Waals surface area contributed by atoms with Crippen molar-refractivity contribution < 1.29 is 22.3 Å². The Bertz CT molecular complexity index is 1240. The first kappa shape index (κ1) is 25.1. The van der Waals surface area contributed by atoms with Crippen LogP contribution >= 0.6 is 0 Å². The molecular weight excluding hydrogens is 490 g/mol. The number of alkyl halides is 4. The second-order valence-electron chi connectivity index (χ2n) is 8.98. The van der Waals surface area contributed by atoms with Crippen LogP contribution in [0.15, 0.2) is 36.5 Å². The summed E-state index contributed by atoms with van der Waals surface area (Å²) in [5.41, 5.74) is 1.65. The molecular formula is C25H27F4N7O. The number of aryl methyl sites for hydroxylation is 1. The van der Waals surface area contributed by atoms with Crippen molar-refractivity contribution in [2.24, 2.45) is 0 Å². The molecule has 0 unspecified atom stereocenters. The Kier molecular flexibility index (Phi) is 7.09. The summed E-state index contributed by atoms with van der Waals surface area (Å²) in [5, 5.41) is 0. The molecule has 196 valence electrons. The third-order valence-corrected chi connectivity index (χ3v) is 6.43. The standard InChI is InChI=1S/C25H27F4N7O/c1-17-13-18(14-19(16-26)31-17)21-15-22(33-24(32-21)36-9-11-37-12-10-36)34-5-7-35(8-6-34)23-20(25(27,28)29)3-2-4-30-23/h2-4,13-15H,5-12,16H2,1H3. The smallest absolute Gasteiger partial charge is 0.378 e. The molecule has 0 spiro atoms. The largest absolute Gasteiger partial charge is 0.419 e. The fraction of sp³-hybridized carbons (Fsp3) is 0.440. The Labute approximate surface area is 211 Å². The number of ether oxygens (including phenoxy) is 1. The predicted octanol–water partition coefficient (Wildman–Crippen LogP) is 3.89. The van der Waals surface area contributed by atoms with E-state index in [2.05, 4.69) is 9.97 Å². The van der Waals surface area contributed by atoms with Gasteiger partial charge in [0.2, 0.25) is 5.95 Å². The summed E-state index contributed by atoms with van der Waals surface area (Å²) in [6.45, 7) is 5.15. The molecule has 0 N–H and O–H groups in total. The van der Waals surface area contributed by atoms with Crippen LogP contribution in [0.4, 0.5) is 35.1 Å². The van der Waals surface area contributed by atoms with E-state index in [0.717, 1.165) is 11.6 Å². The van der Waals surface area contributed by atoms with E-state index < -0.39 is 18.4 Å². The zero-order valence-electron chi connectivity index (χ0n) is 20.4. The highest BCUT2D eigenvalue weighted by atomic mass is 19.4. The van der Waals surface area contributed by atoms with Gasteiger partial charge in [-0.25, -0.2) is 14.4 Å². The molecule has 2 fully saturated rings. The topological polar surface area (TPSA) is 70.5 Å². The number of hydrogen-bond donors (Lipinski definition) is 0. The lowest BCUT2D eigenvalue weighted by molar-refractivity contribution is -0.137. The van der Waals surface area contributed by atoms with E-state index in [9.17, 15) is 17.6 Å². The minimum atomic E-state index is -4.48. The Morgan fingerprint density at radius 1 is 0.892 bits per heavy atom. The van der Waals surface area contributed by atoms with Gasteiger partial charge in [0.1, 0.15) is 18.3 Å². The lowest BCUT2D eigenvalue weighted by Crippen LogP contribution is -2.48. The van der Waals surface area contributed by atoms with E-state index >= 15 is 0 Å². The fourth-order valence-corrected chi connectivity index (χ4v) is 4.61. The van der Waals surface area contributed by atoms with Crippen LogP contribution in [0.2, 0.25) is 0 Å². The first-order valence-corrected chi connectivity index (χ1v) is 12.1. The molecule has 0 radical (unpaired) electrons. The van der Waals surface area contributed by atoms with Gasteiger partial charge in [0, 0.05) is 62.8 Å². The van der Waals surface area contributed by atoms with E-state index in [1.165, 1.54) is 12.3 Å². The number of pyridine rings is 2. The fourth-order valence-electron chi connectivity index (χ4n) is 4.61. The van der Waals surface area contributed by atoms with Gasteiger partial charge in [-0.15, -0.1) is 0 Å². The maximum atomic E-state index is 13.5. The Morgan fingerprint density at radius 3 is 2.32 bits per heavy atom. The third-order valence-electron chi connectivity index (χ3n) is 6.43. The SMILES string of the molecule is Cc1cc(-c2cc(N3CCN(c4ncccc4C(F)(F)F)CC3)nc(N3CCOCC3)n2)cc(CF)n1. The van der Waals surface area contributed by atoms with Gasteiger partial charge >= 0.3 is 6.18 Å². The molecule has 12 heteroatoms. The molecule has 5 heterocycles. The van der Waals surface area contributed by atoms with Crippen molar-refractivity contribution in [1.29, 1.82) is 0 Å². The van der Waals surface area contributed by atoms with Crippen molar-refractivity contribution >= 4 is 17.6 Å². The van der Waals surface area contributed by atoms with E-state index in [1.54, 1.807) is 17.9 Å². The number of morpholine rings is 1. The third kappa shape index (κ3) is 5.58. The molecule has 3 aromatic heterocycles. The summed E-state index contributed by atoms with van der Waals surface area (Å²) >= 11 is 0. The summed E-state index contributed by atoms with van der Waals surface area (Å²) in [5.74, 6) is 1.15. The molecule has 0 aromatic carbocycles. The van der Waals surface area contributed by atoms with E-state index in [1.807, 2.05) is 21.9 Å². The van der Waals surface area contributed by atoms with Crippen molar-refractivity contribution in [2.75, 3.05) is 67.2 Å². The number of anilines is 3. The van der Waals surface area contributed by atoms with Crippen LogP contribution in [0.5, 0.6) is 0 Å². The van der Waals surface area contributed by atoms with Gasteiger partial charge in [-0.2, -0.15) is 18.2 Å². The molecule has 2 saturated heterocycles. The zero-order valence-corrected chi connectivity index (χ0v) is 20.4. The van der Waals surface area contributed by atoms with E-state index in [4.69, 9.17) is 14.7 Å². The second-order valence-corrected chi connectivity index (χ2v) is 8.98. The Morgan fingerprint density at radius 2 is 1.62 bits per heavy atom. The number of piperazine rings is 1. The number of nitrogens with zero attached hydrogens (tertiary/aromatic N) is 7. The van der Waals surface area contributed by atoms with Crippen molar-refractivity contribution in [3.63, 3.8) is 0 Å². The van der Waals surface area contributed by atoms with Gasteiger partial charge in [0.15, 0.2) is 0 Å². The van der Waals surface area contributed by atoms with Crippen LogP contribution in [0.25, 0.3) is 11.3 Å². The minimum Gasteiger partial charge on any atom is -0.378 e. The molecule has 0 saturated carbocycles. The Balaban J connectivity index is 1.44. The van der Waals surface area contributed by atoms with Gasteiger partial charge in [0.05, 0.1) is 30.2 Å². The molecule has 8 nitrogen and oxygen atoms in total. The van der Waals surface area contributed by atoms with Crippen LogP contribution in [0, 0.1) is 6.92 Å². The maximum Gasteiger partial charge on any atom is 0.419 e. The van der Waals surface area contributed by atoms with Crippen molar-refractivity contribution in [3.05, 3.63) is 53.5 Å². The Hall–Kier alpha value is -3.54. The minimum absolute atomic E-state index is 0.0574. The number of halogens is 4. The van der Waals surface area contributed by atoms with Crippen LogP contribution in [0.1, 0.15) is 17.0 Å². The highest BCUT2D eigenvalue weighted by molar-refractivity contribution is 5.66. The molecule has 0 atom stereocenters. The molecule has 2 aliphatic heterocycles. The van der Waals surface area contributed by atoms with Gasteiger partial charge < -0.3 is 19.4 Å². The van der Waals surface area contributed by atoms with Crippen molar-refractivity contribution in [1.82, 2.24) is 19.9 Å². The zero-order chi connectivity index (χ0) is 26.0. The second kappa shape index (κ2) is 10.4. The summed E-state index contributed by atoms with van der Waals surface area (Å²) in [6.07, 6.45) is -3.10. The highest BCUT2D eigenvalue weighted by Gasteiger charge is 2.36. The number of aromatic nitrogens is 4. The van der Waals surface area contributed by atoms with Crippen molar-refractivity contribution in [2.45, 2.75) is 19.8 Å². The molecule has 0 aliphatic carbocycles. The predicted molar refractivity (Wildman–Crippen MR) is 132 cm³/mol. The van der Waals surface area contributed by atoms with E-state index in [-0.39, 0.29) is 5.82 Å². The van der Waals surface area contributed by atoms with Crippen LogP contribution in [-0.2, 0) is 17.6 Å². The van der Waals surface area contributed by atoms with Gasteiger partial charge in [0.25, 0.3) is 0 Å². The number of rotatable bonds is 5. The van der Waals surface area contributed by atoms with Crippen LogP contribution in [0.3, 0.4) is 0 Å². The molecule has 3 aromatic rings. The monoisotopic (exact) mass is 517 g/mol. The average molecular weight is 518 g/mol. The summed E-state index contributed by atoms with van der Waals surface area (Å²) in [4.78, 5) is 23.6. The van der Waals surface area contributed by atoms with E-state index in [0.29, 0.717) is 81.3 Å². The van der Waals surface area contributed by atoms with Crippen molar-refractivity contribution in [3.8, 4) is 11.3 Å². The molecule has 2 aliphatic rings. The molecule has 0 bridgehead atoms. The summed E-state index contributed by atoms with van der Waals surface area (Å²) < 4.78 is 59.4. The molecule has 0 amide bonds. The molecule has 5 rings (SSSR count). The normalized spacial score (nSPS) is 16.8.